The van der Waals surface area contributed by atoms with Crippen LogP contribution in [0.25, 0.3) is 0 Å². The summed E-state index contributed by atoms with van der Waals surface area (Å²) in [5.74, 6) is 0. The van der Waals surface area contributed by atoms with Gasteiger partial charge in [-0.15, -0.1) is 0 Å². The fourth-order valence-corrected chi connectivity index (χ4v) is 1.02. The molecule has 0 spiro atoms. The van der Waals surface area contributed by atoms with E-state index in [1.54, 1.807) is 0 Å². The Labute approximate surface area is 50.0 Å². The first kappa shape index (κ1) is 5.51. The highest BCUT2D eigenvalue weighted by molar-refractivity contribution is 9.09. The van der Waals surface area contributed by atoms with Crippen LogP contribution in [0.2, 0.25) is 0 Å². The van der Waals surface area contributed by atoms with Crippen LogP contribution in [0.5, 0.6) is 0 Å². The Bertz CT molecular complexity index is 60.7. The van der Waals surface area contributed by atoms with E-state index in [0.717, 1.165) is 5.33 Å². The zero-order chi connectivity index (χ0) is 5.28. The highest BCUT2D eigenvalue weighted by Gasteiger charge is 2.37. The molecule has 1 heterocycles. The van der Waals surface area contributed by atoms with Crippen LogP contribution in [0.1, 0.15) is 0 Å². The molecule has 0 saturated carbocycles. The average molecular weight is 169 g/mol. The second-order valence-corrected chi connectivity index (χ2v) is 2.17. The van der Waals surface area contributed by atoms with Crippen molar-refractivity contribution in [1.82, 2.24) is 0 Å². The summed E-state index contributed by atoms with van der Waals surface area (Å²) >= 11 is 3.17. The maximum absolute atomic E-state index is 11.5. The summed E-state index contributed by atoms with van der Waals surface area (Å²) in [6.45, 7) is -0.337. The van der Waals surface area contributed by atoms with Crippen LogP contribution in [-0.2, 0) is 4.74 Å². The Balaban J connectivity index is 2.06. The second-order valence-electron chi connectivity index (χ2n) is 1.52. The van der Waals surface area contributed by atoms with Gasteiger partial charge in [0.2, 0.25) is 0 Å². The molecule has 0 bridgehead atoms. The summed E-state index contributed by atoms with van der Waals surface area (Å²) in [6.07, 6.45) is 0.0596. The van der Waals surface area contributed by atoms with Gasteiger partial charge in [0.25, 0.3) is 0 Å². The van der Waals surface area contributed by atoms with Gasteiger partial charge in [-0.25, -0.2) is 4.39 Å². The lowest BCUT2D eigenvalue weighted by molar-refractivity contribution is 0.335. The topological polar surface area (TPSA) is 12.5 Å². The maximum atomic E-state index is 11.5. The van der Waals surface area contributed by atoms with Crippen molar-refractivity contribution < 1.29 is 9.13 Å². The molecule has 7 heavy (non-hydrogen) atoms. The molecule has 2 atom stereocenters. The van der Waals surface area contributed by atoms with Crippen molar-refractivity contribution in [3.63, 3.8) is 0 Å². The van der Waals surface area contributed by atoms with Crippen molar-refractivity contribution in [1.29, 1.82) is 0 Å². The standard InChI is InChI=1S/C4H6BrFO/c5-1-3-4(2-6)7-3/h3-4H,1-2H2. The fourth-order valence-electron chi connectivity index (χ4n) is 0.451. The molecule has 0 radical (unpaired) electrons. The highest BCUT2D eigenvalue weighted by Crippen LogP contribution is 2.23. The van der Waals surface area contributed by atoms with Crippen LogP contribution in [0.4, 0.5) is 4.39 Å². The van der Waals surface area contributed by atoms with E-state index in [4.69, 9.17) is 4.74 Å². The van der Waals surface area contributed by atoms with Crippen molar-refractivity contribution in [3.8, 4) is 0 Å². The third-order valence-corrected chi connectivity index (χ3v) is 1.63. The van der Waals surface area contributed by atoms with Gasteiger partial charge in [0, 0.05) is 5.33 Å². The number of rotatable bonds is 2. The van der Waals surface area contributed by atoms with Gasteiger partial charge >= 0.3 is 0 Å². The van der Waals surface area contributed by atoms with Gasteiger partial charge in [-0.1, -0.05) is 15.9 Å². The lowest BCUT2D eigenvalue weighted by Crippen LogP contribution is -1.94. The van der Waals surface area contributed by atoms with Crippen molar-refractivity contribution in [2.45, 2.75) is 12.2 Å². The third kappa shape index (κ3) is 1.13. The first-order valence-electron chi connectivity index (χ1n) is 2.16. The van der Waals surface area contributed by atoms with Crippen molar-refractivity contribution >= 4 is 15.9 Å². The Morgan fingerprint density at radius 2 is 2.29 bits per heavy atom. The number of ether oxygens (including phenoxy) is 1. The van der Waals surface area contributed by atoms with Crippen LogP contribution in [0.3, 0.4) is 0 Å². The lowest BCUT2D eigenvalue weighted by Gasteiger charge is -1.74. The Morgan fingerprint density at radius 1 is 1.57 bits per heavy atom. The summed E-state index contributed by atoms with van der Waals surface area (Å²) in [5, 5.41) is 0.765. The summed E-state index contributed by atoms with van der Waals surface area (Å²) in [6, 6.07) is 0. The smallest absolute Gasteiger partial charge is 0.118 e. The summed E-state index contributed by atoms with van der Waals surface area (Å²) in [5.41, 5.74) is 0. The van der Waals surface area contributed by atoms with Crippen molar-refractivity contribution in [2.24, 2.45) is 0 Å². The Kier molecular flexibility index (Phi) is 1.65. The largest absolute Gasteiger partial charge is 0.366 e. The Hall–Kier alpha value is 0.370. The average Bonchev–Trinajstić information content (AvgIpc) is 2.43. The summed E-state index contributed by atoms with van der Waals surface area (Å²) in [7, 11) is 0. The van der Waals surface area contributed by atoms with Gasteiger partial charge in [0.15, 0.2) is 0 Å². The van der Waals surface area contributed by atoms with Crippen LogP contribution in [0, 0.1) is 0 Å². The first-order valence-corrected chi connectivity index (χ1v) is 3.28. The van der Waals surface area contributed by atoms with Crippen LogP contribution < -0.4 is 0 Å². The first-order chi connectivity index (χ1) is 3.38. The van der Waals surface area contributed by atoms with Gasteiger partial charge in [-0.3, -0.25) is 0 Å². The number of hydrogen-bond acceptors (Lipinski definition) is 1. The van der Waals surface area contributed by atoms with E-state index in [1.807, 2.05) is 0 Å². The predicted octanol–water partition coefficient (Wildman–Crippen LogP) is 1.12. The van der Waals surface area contributed by atoms with Crippen LogP contribution >= 0.6 is 15.9 Å². The second kappa shape index (κ2) is 2.09. The van der Waals surface area contributed by atoms with Gasteiger partial charge in [0.05, 0.1) is 6.10 Å². The van der Waals surface area contributed by atoms with Crippen LogP contribution in [-0.4, -0.2) is 24.2 Å². The lowest BCUT2D eigenvalue weighted by atomic mass is 10.4. The molecule has 42 valence electrons. The molecule has 0 amide bonds. The van der Waals surface area contributed by atoms with E-state index in [1.165, 1.54) is 0 Å². The number of hydrogen-bond donors (Lipinski definition) is 0. The molecule has 1 saturated heterocycles. The number of alkyl halides is 2. The normalized spacial score (nSPS) is 38.6. The zero-order valence-corrected chi connectivity index (χ0v) is 5.32. The van der Waals surface area contributed by atoms with Gasteiger partial charge < -0.3 is 4.74 Å². The number of epoxide rings is 1. The molecule has 0 aromatic heterocycles. The maximum Gasteiger partial charge on any atom is 0.118 e. The molecule has 0 N–H and O–H groups in total. The monoisotopic (exact) mass is 168 g/mol. The van der Waals surface area contributed by atoms with E-state index >= 15 is 0 Å². The van der Waals surface area contributed by atoms with Gasteiger partial charge in [-0.05, 0) is 0 Å². The number of halogens is 2. The summed E-state index contributed by atoms with van der Waals surface area (Å²) in [4.78, 5) is 0. The van der Waals surface area contributed by atoms with E-state index in [9.17, 15) is 4.39 Å². The minimum Gasteiger partial charge on any atom is -0.366 e. The molecular formula is C4H6BrFO. The molecule has 1 aliphatic rings. The molecule has 2 unspecified atom stereocenters. The van der Waals surface area contributed by atoms with Crippen LogP contribution in [0.15, 0.2) is 0 Å². The minimum absolute atomic E-state index is 0.0978. The molecule has 3 heteroatoms. The highest BCUT2D eigenvalue weighted by atomic mass is 79.9. The SMILES string of the molecule is FCC1OC1CBr. The molecule has 1 nitrogen and oxygen atoms in total. The molecule has 0 aromatic rings. The van der Waals surface area contributed by atoms with E-state index in [2.05, 4.69) is 15.9 Å². The fraction of sp³-hybridized carbons (Fsp3) is 1.00. The van der Waals surface area contributed by atoms with Crippen molar-refractivity contribution in [3.05, 3.63) is 0 Å². The van der Waals surface area contributed by atoms with E-state index in [-0.39, 0.29) is 18.9 Å². The molecule has 1 rings (SSSR count). The van der Waals surface area contributed by atoms with Gasteiger partial charge in [0.1, 0.15) is 12.8 Å². The molecule has 1 fully saturated rings. The van der Waals surface area contributed by atoms with Gasteiger partial charge in [-0.2, -0.15) is 0 Å². The van der Waals surface area contributed by atoms with Crippen molar-refractivity contribution in [2.75, 3.05) is 12.0 Å². The molecule has 0 aromatic carbocycles. The minimum atomic E-state index is -0.337. The summed E-state index contributed by atoms with van der Waals surface area (Å²) < 4.78 is 16.3. The molecule has 1 aliphatic heterocycles. The predicted molar refractivity (Wildman–Crippen MR) is 28.4 cm³/mol. The zero-order valence-electron chi connectivity index (χ0n) is 3.73. The quantitative estimate of drug-likeness (QED) is 0.445. The Morgan fingerprint density at radius 3 is 2.43 bits per heavy atom. The third-order valence-electron chi connectivity index (χ3n) is 0.992. The molecule has 0 aliphatic carbocycles. The van der Waals surface area contributed by atoms with E-state index in [0.29, 0.717) is 0 Å². The van der Waals surface area contributed by atoms with E-state index < -0.39 is 0 Å². The molecular weight excluding hydrogens is 163 g/mol.